The van der Waals surface area contributed by atoms with Gasteiger partial charge in [0.2, 0.25) is 0 Å². The van der Waals surface area contributed by atoms with Crippen molar-refractivity contribution >= 4 is 17.5 Å². The molecule has 1 aliphatic heterocycles. The van der Waals surface area contributed by atoms with Gasteiger partial charge < -0.3 is 20.3 Å². The molecule has 0 bridgehead atoms. The topological polar surface area (TPSA) is 70.7 Å². The van der Waals surface area contributed by atoms with Gasteiger partial charge in [-0.05, 0) is 51.0 Å². The highest BCUT2D eigenvalue weighted by atomic mass is 16.5. The Bertz CT molecular complexity index is 525. The van der Waals surface area contributed by atoms with Gasteiger partial charge in [-0.3, -0.25) is 9.59 Å². The Morgan fingerprint density at radius 3 is 2.59 bits per heavy atom. The summed E-state index contributed by atoms with van der Waals surface area (Å²) < 4.78 is 5.14. The number of para-hydroxylation sites is 2. The summed E-state index contributed by atoms with van der Waals surface area (Å²) in [7, 11) is 3.61. The average Bonchev–Trinajstić information content (AvgIpc) is 2.54. The molecule has 2 N–H and O–H groups in total. The van der Waals surface area contributed by atoms with Gasteiger partial charge in [0.1, 0.15) is 5.75 Å². The molecular formula is C16H23N3O3. The third-order valence-electron chi connectivity index (χ3n) is 3.95. The molecule has 0 atom stereocenters. The minimum atomic E-state index is -0.669. The van der Waals surface area contributed by atoms with Gasteiger partial charge >= 0.3 is 11.8 Å². The van der Waals surface area contributed by atoms with E-state index in [4.69, 9.17) is 4.74 Å². The lowest BCUT2D eigenvalue weighted by Gasteiger charge is -2.28. The molecule has 120 valence electrons. The SMILES string of the molecule is COc1ccccc1NC(=O)C(=O)NCC1CCN(C)CC1. The van der Waals surface area contributed by atoms with Gasteiger partial charge in [-0.2, -0.15) is 0 Å². The van der Waals surface area contributed by atoms with E-state index in [9.17, 15) is 9.59 Å². The van der Waals surface area contributed by atoms with Crippen LogP contribution >= 0.6 is 0 Å². The number of carbonyl (C=O) groups excluding carboxylic acids is 2. The third-order valence-corrected chi connectivity index (χ3v) is 3.95. The Hall–Kier alpha value is -2.08. The van der Waals surface area contributed by atoms with Gasteiger partial charge in [-0.25, -0.2) is 0 Å². The maximum atomic E-state index is 11.9. The van der Waals surface area contributed by atoms with Crippen molar-refractivity contribution in [2.45, 2.75) is 12.8 Å². The van der Waals surface area contributed by atoms with Crippen molar-refractivity contribution in [3.05, 3.63) is 24.3 Å². The Morgan fingerprint density at radius 2 is 1.91 bits per heavy atom. The van der Waals surface area contributed by atoms with E-state index in [1.165, 1.54) is 7.11 Å². The van der Waals surface area contributed by atoms with Crippen molar-refractivity contribution in [1.29, 1.82) is 0 Å². The number of ether oxygens (including phenoxy) is 1. The first-order valence-corrected chi connectivity index (χ1v) is 7.51. The number of hydrogen-bond donors (Lipinski definition) is 2. The molecule has 2 amide bonds. The van der Waals surface area contributed by atoms with Crippen LogP contribution in [0.15, 0.2) is 24.3 Å². The quantitative estimate of drug-likeness (QED) is 0.817. The summed E-state index contributed by atoms with van der Waals surface area (Å²) >= 11 is 0. The Labute approximate surface area is 130 Å². The normalized spacial score (nSPS) is 16.1. The third kappa shape index (κ3) is 4.46. The molecule has 0 unspecified atom stereocenters. The number of benzene rings is 1. The Balaban J connectivity index is 1.81. The molecule has 0 radical (unpaired) electrons. The van der Waals surface area contributed by atoms with E-state index in [1.807, 2.05) is 0 Å². The van der Waals surface area contributed by atoms with Crippen LogP contribution in [0.25, 0.3) is 0 Å². The lowest BCUT2D eigenvalue weighted by Crippen LogP contribution is -2.41. The highest BCUT2D eigenvalue weighted by molar-refractivity contribution is 6.39. The lowest BCUT2D eigenvalue weighted by molar-refractivity contribution is -0.136. The highest BCUT2D eigenvalue weighted by Crippen LogP contribution is 2.22. The van der Waals surface area contributed by atoms with Crippen molar-refractivity contribution in [2.75, 3.05) is 39.1 Å². The number of hydrogen-bond acceptors (Lipinski definition) is 4. The van der Waals surface area contributed by atoms with Crippen LogP contribution in [-0.2, 0) is 9.59 Å². The summed E-state index contributed by atoms with van der Waals surface area (Å²) in [6.45, 7) is 2.62. The maximum Gasteiger partial charge on any atom is 0.313 e. The number of likely N-dealkylation sites (tertiary alicyclic amines) is 1. The van der Waals surface area contributed by atoms with Crippen LogP contribution in [0.2, 0.25) is 0 Å². The van der Waals surface area contributed by atoms with Crippen molar-refractivity contribution in [2.24, 2.45) is 5.92 Å². The fourth-order valence-electron chi connectivity index (χ4n) is 2.51. The van der Waals surface area contributed by atoms with Crippen LogP contribution in [-0.4, -0.2) is 50.5 Å². The van der Waals surface area contributed by atoms with Gasteiger partial charge in [0.15, 0.2) is 0 Å². The average molecular weight is 305 g/mol. The smallest absolute Gasteiger partial charge is 0.313 e. The molecule has 1 heterocycles. The second-order valence-electron chi connectivity index (χ2n) is 5.61. The first kappa shape index (κ1) is 16.3. The summed E-state index contributed by atoms with van der Waals surface area (Å²) in [5.41, 5.74) is 0.490. The molecule has 1 saturated heterocycles. The molecule has 1 aromatic rings. The van der Waals surface area contributed by atoms with Crippen LogP contribution in [0, 0.1) is 5.92 Å². The summed E-state index contributed by atoms with van der Waals surface area (Å²) in [5, 5.41) is 5.29. The van der Waals surface area contributed by atoms with Gasteiger partial charge in [0, 0.05) is 6.54 Å². The van der Waals surface area contributed by atoms with E-state index in [0.717, 1.165) is 25.9 Å². The molecule has 6 nitrogen and oxygen atoms in total. The van der Waals surface area contributed by atoms with E-state index < -0.39 is 11.8 Å². The zero-order chi connectivity index (χ0) is 15.9. The van der Waals surface area contributed by atoms with Gasteiger partial charge in [0.05, 0.1) is 12.8 Å². The highest BCUT2D eigenvalue weighted by Gasteiger charge is 2.20. The minimum Gasteiger partial charge on any atom is -0.495 e. The second kappa shape index (κ2) is 7.79. The Kier molecular flexibility index (Phi) is 5.77. The zero-order valence-corrected chi connectivity index (χ0v) is 13.1. The van der Waals surface area contributed by atoms with Crippen LogP contribution in [0.4, 0.5) is 5.69 Å². The molecule has 1 fully saturated rings. The van der Waals surface area contributed by atoms with Crippen molar-refractivity contribution in [1.82, 2.24) is 10.2 Å². The second-order valence-corrected chi connectivity index (χ2v) is 5.61. The number of rotatable bonds is 4. The number of carbonyl (C=O) groups is 2. The number of amides is 2. The molecule has 0 aliphatic carbocycles. The molecule has 0 saturated carbocycles. The summed E-state index contributed by atoms with van der Waals surface area (Å²) in [4.78, 5) is 26.1. The van der Waals surface area contributed by atoms with E-state index in [0.29, 0.717) is 23.9 Å². The van der Waals surface area contributed by atoms with E-state index in [2.05, 4.69) is 22.6 Å². The minimum absolute atomic E-state index is 0.444. The van der Waals surface area contributed by atoms with Crippen LogP contribution in [0.3, 0.4) is 0 Å². The largest absolute Gasteiger partial charge is 0.495 e. The lowest BCUT2D eigenvalue weighted by atomic mass is 9.97. The van der Waals surface area contributed by atoms with E-state index >= 15 is 0 Å². The fraction of sp³-hybridized carbons (Fsp3) is 0.500. The first-order chi connectivity index (χ1) is 10.6. The number of piperidine rings is 1. The monoisotopic (exact) mass is 305 g/mol. The fourth-order valence-corrected chi connectivity index (χ4v) is 2.51. The van der Waals surface area contributed by atoms with E-state index in [-0.39, 0.29) is 0 Å². The van der Waals surface area contributed by atoms with Gasteiger partial charge in [0.25, 0.3) is 0 Å². The zero-order valence-electron chi connectivity index (χ0n) is 13.1. The molecule has 1 aromatic carbocycles. The number of anilines is 1. The summed E-state index contributed by atoms with van der Waals surface area (Å²) in [6.07, 6.45) is 2.09. The molecule has 0 aromatic heterocycles. The first-order valence-electron chi connectivity index (χ1n) is 7.51. The molecule has 22 heavy (non-hydrogen) atoms. The van der Waals surface area contributed by atoms with Crippen LogP contribution in [0.1, 0.15) is 12.8 Å². The maximum absolute atomic E-state index is 11.9. The molecule has 6 heteroatoms. The van der Waals surface area contributed by atoms with Gasteiger partial charge in [-0.15, -0.1) is 0 Å². The number of nitrogens with zero attached hydrogens (tertiary/aromatic N) is 1. The Morgan fingerprint density at radius 1 is 1.23 bits per heavy atom. The molecular weight excluding hydrogens is 282 g/mol. The number of nitrogens with one attached hydrogen (secondary N) is 2. The van der Waals surface area contributed by atoms with Crippen molar-refractivity contribution < 1.29 is 14.3 Å². The van der Waals surface area contributed by atoms with Crippen LogP contribution < -0.4 is 15.4 Å². The van der Waals surface area contributed by atoms with Gasteiger partial charge in [-0.1, -0.05) is 12.1 Å². The van der Waals surface area contributed by atoms with E-state index in [1.54, 1.807) is 24.3 Å². The van der Waals surface area contributed by atoms with Crippen LogP contribution in [0.5, 0.6) is 5.75 Å². The number of methoxy groups -OCH3 is 1. The molecule has 2 rings (SSSR count). The summed E-state index contributed by atoms with van der Waals surface area (Å²) in [6, 6.07) is 7.00. The van der Waals surface area contributed by atoms with Crippen molar-refractivity contribution in [3.63, 3.8) is 0 Å². The van der Waals surface area contributed by atoms with Crippen molar-refractivity contribution in [3.8, 4) is 5.75 Å². The predicted molar refractivity (Wildman–Crippen MR) is 84.9 cm³/mol. The summed E-state index contributed by atoms with van der Waals surface area (Å²) in [5.74, 6) is -0.305. The molecule has 0 spiro atoms. The molecule has 1 aliphatic rings. The standard InChI is InChI=1S/C16H23N3O3/c1-19-9-7-12(8-10-19)11-17-15(20)16(21)18-13-5-3-4-6-14(13)22-2/h3-6,12H,7-11H2,1-2H3,(H,17,20)(H,18,21). The predicted octanol–water partition coefficient (Wildman–Crippen LogP) is 1.09.